The van der Waals surface area contributed by atoms with Crippen LogP contribution in [0, 0.1) is 11.3 Å². The van der Waals surface area contributed by atoms with E-state index in [1.165, 1.54) is 0 Å². The molecule has 2 nitrogen and oxygen atoms in total. The zero-order valence-electron chi connectivity index (χ0n) is 9.77. The number of rotatable bonds is 2. The first-order valence-corrected chi connectivity index (χ1v) is 6.63. The number of phenols is 1. The Morgan fingerprint density at radius 1 is 1.21 bits per heavy atom. The van der Waals surface area contributed by atoms with Gasteiger partial charge in [-0.25, -0.2) is 0 Å². The first kappa shape index (κ1) is 13.7. The van der Waals surface area contributed by atoms with Crippen LogP contribution in [0.5, 0.6) is 5.75 Å². The maximum Gasteiger partial charge on any atom is 0.129 e. The number of allylic oxidation sites excluding steroid dienone is 1. The normalized spacial score (nSPS) is 11.1. The van der Waals surface area contributed by atoms with Gasteiger partial charge in [0.25, 0.3) is 0 Å². The number of hydrogen-bond acceptors (Lipinski definition) is 2. The Balaban J connectivity index is 2.41. The predicted molar refractivity (Wildman–Crippen MR) is 80.7 cm³/mol. The zero-order valence-corrected chi connectivity index (χ0v) is 12.1. The second kappa shape index (κ2) is 5.92. The topological polar surface area (TPSA) is 44.0 Å². The number of nitrogens with zero attached hydrogens (tertiary/aromatic N) is 1. The molecule has 0 saturated heterocycles. The average molecular weight is 335 g/mol. The van der Waals surface area contributed by atoms with Crippen LogP contribution in [0.4, 0.5) is 0 Å². The van der Waals surface area contributed by atoms with Gasteiger partial charge in [-0.3, -0.25) is 0 Å². The monoisotopic (exact) mass is 333 g/mol. The van der Waals surface area contributed by atoms with Crippen LogP contribution >= 0.6 is 27.5 Å². The Kier molecular flexibility index (Phi) is 4.26. The van der Waals surface area contributed by atoms with Crippen molar-refractivity contribution >= 4 is 39.2 Å². The lowest BCUT2D eigenvalue weighted by molar-refractivity contribution is 0.472. The molecule has 0 atom stereocenters. The Morgan fingerprint density at radius 3 is 2.47 bits per heavy atom. The molecule has 0 bridgehead atoms. The standard InChI is InChI=1S/C15H9BrClNO/c16-14-8-10(1-6-15(14)19)7-12(9-18)11-2-4-13(17)5-3-11/h1-8,19H/b12-7-. The van der Waals surface area contributed by atoms with Gasteiger partial charge < -0.3 is 5.11 Å². The lowest BCUT2D eigenvalue weighted by atomic mass is 10.0. The summed E-state index contributed by atoms with van der Waals surface area (Å²) in [4.78, 5) is 0. The van der Waals surface area contributed by atoms with E-state index in [1.54, 1.807) is 48.5 Å². The van der Waals surface area contributed by atoms with Gasteiger partial charge in [-0.05, 0) is 57.4 Å². The summed E-state index contributed by atoms with van der Waals surface area (Å²) in [5, 5.41) is 19.3. The molecule has 0 amide bonds. The van der Waals surface area contributed by atoms with Crippen molar-refractivity contribution in [1.82, 2.24) is 0 Å². The molecule has 1 N–H and O–H groups in total. The Morgan fingerprint density at radius 2 is 1.89 bits per heavy atom. The first-order valence-electron chi connectivity index (χ1n) is 5.46. The van der Waals surface area contributed by atoms with E-state index in [0.717, 1.165) is 11.1 Å². The number of aromatic hydroxyl groups is 1. The lowest BCUT2D eigenvalue weighted by Crippen LogP contribution is -1.82. The van der Waals surface area contributed by atoms with Crippen molar-refractivity contribution in [3.8, 4) is 11.8 Å². The highest BCUT2D eigenvalue weighted by molar-refractivity contribution is 9.10. The summed E-state index contributed by atoms with van der Waals surface area (Å²) in [6, 6.07) is 14.3. The Bertz CT molecular complexity index is 672. The van der Waals surface area contributed by atoms with Crippen molar-refractivity contribution in [2.45, 2.75) is 0 Å². The summed E-state index contributed by atoms with van der Waals surface area (Å²) >= 11 is 9.07. The molecule has 4 heteroatoms. The average Bonchev–Trinajstić information content (AvgIpc) is 2.41. The van der Waals surface area contributed by atoms with E-state index in [-0.39, 0.29) is 5.75 Å². The van der Waals surface area contributed by atoms with Gasteiger partial charge in [0.2, 0.25) is 0 Å². The number of phenolic OH excluding ortho intramolecular Hbond substituents is 1. The third kappa shape index (κ3) is 3.37. The van der Waals surface area contributed by atoms with Crippen LogP contribution in [0.15, 0.2) is 46.9 Å². The van der Waals surface area contributed by atoms with Crippen LogP contribution in [0.25, 0.3) is 11.6 Å². The van der Waals surface area contributed by atoms with Gasteiger partial charge in [0, 0.05) is 5.02 Å². The Hall–Kier alpha value is -1.76. The number of hydrogen-bond donors (Lipinski definition) is 1. The fourth-order valence-corrected chi connectivity index (χ4v) is 2.11. The zero-order chi connectivity index (χ0) is 13.8. The minimum Gasteiger partial charge on any atom is -0.507 e. The molecule has 0 unspecified atom stereocenters. The van der Waals surface area contributed by atoms with Gasteiger partial charge in [0.05, 0.1) is 16.1 Å². The smallest absolute Gasteiger partial charge is 0.129 e. The molecule has 0 spiro atoms. The minimum atomic E-state index is 0.169. The molecular weight excluding hydrogens is 326 g/mol. The first-order chi connectivity index (χ1) is 9.10. The van der Waals surface area contributed by atoms with Crippen LogP contribution in [0.1, 0.15) is 11.1 Å². The van der Waals surface area contributed by atoms with E-state index in [2.05, 4.69) is 22.0 Å². The highest BCUT2D eigenvalue weighted by Crippen LogP contribution is 2.27. The van der Waals surface area contributed by atoms with E-state index < -0.39 is 0 Å². The summed E-state index contributed by atoms with van der Waals surface area (Å²) in [5.41, 5.74) is 2.17. The van der Waals surface area contributed by atoms with Crippen molar-refractivity contribution in [2.24, 2.45) is 0 Å². The molecule has 0 aromatic heterocycles. The number of halogens is 2. The maximum absolute atomic E-state index is 9.44. The van der Waals surface area contributed by atoms with Crippen molar-refractivity contribution < 1.29 is 5.11 Å². The van der Waals surface area contributed by atoms with Crippen molar-refractivity contribution in [2.75, 3.05) is 0 Å². The molecule has 2 rings (SSSR count). The quantitative estimate of drug-likeness (QED) is 0.629. The minimum absolute atomic E-state index is 0.169. The largest absolute Gasteiger partial charge is 0.507 e. The fraction of sp³-hybridized carbons (Fsp3) is 0. The molecule has 19 heavy (non-hydrogen) atoms. The van der Waals surface area contributed by atoms with E-state index in [4.69, 9.17) is 11.6 Å². The second-order valence-corrected chi connectivity index (χ2v) is 5.18. The van der Waals surface area contributed by atoms with Crippen molar-refractivity contribution in [3.05, 3.63) is 63.1 Å². The second-order valence-electron chi connectivity index (χ2n) is 3.89. The van der Waals surface area contributed by atoms with Crippen molar-refractivity contribution in [3.63, 3.8) is 0 Å². The van der Waals surface area contributed by atoms with Gasteiger partial charge in [-0.2, -0.15) is 5.26 Å². The van der Waals surface area contributed by atoms with Crippen LogP contribution in [0.3, 0.4) is 0 Å². The summed E-state index contributed by atoms with van der Waals surface area (Å²) in [5.74, 6) is 0.169. The van der Waals surface area contributed by atoms with Crippen LogP contribution < -0.4 is 0 Å². The number of nitriles is 1. The third-order valence-electron chi connectivity index (χ3n) is 2.56. The maximum atomic E-state index is 9.44. The molecule has 0 heterocycles. The molecule has 0 fully saturated rings. The van der Waals surface area contributed by atoms with Gasteiger partial charge in [-0.1, -0.05) is 29.8 Å². The molecule has 0 saturated carbocycles. The SMILES string of the molecule is N#C/C(=C/c1ccc(O)c(Br)c1)c1ccc(Cl)cc1. The fourth-order valence-electron chi connectivity index (χ4n) is 1.59. The molecular formula is C15H9BrClNO. The number of benzene rings is 2. The molecule has 0 radical (unpaired) electrons. The van der Waals surface area contributed by atoms with Crippen LogP contribution in [-0.2, 0) is 0 Å². The molecule has 0 aliphatic carbocycles. The summed E-state index contributed by atoms with van der Waals surface area (Å²) in [6.45, 7) is 0. The molecule has 2 aromatic carbocycles. The summed E-state index contributed by atoms with van der Waals surface area (Å²) < 4.78 is 0.592. The highest BCUT2D eigenvalue weighted by Gasteiger charge is 2.03. The van der Waals surface area contributed by atoms with E-state index >= 15 is 0 Å². The highest BCUT2D eigenvalue weighted by atomic mass is 79.9. The molecule has 94 valence electrons. The van der Waals surface area contributed by atoms with Gasteiger partial charge in [0.15, 0.2) is 0 Å². The molecule has 0 aliphatic rings. The third-order valence-corrected chi connectivity index (χ3v) is 3.45. The van der Waals surface area contributed by atoms with Crippen molar-refractivity contribution in [1.29, 1.82) is 5.26 Å². The van der Waals surface area contributed by atoms with Crippen LogP contribution in [0.2, 0.25) is 5.02 Å². The van der Waals surface area contributed by atoms with E-state index in [9.17, 15) is 10.4 Å². The molecule has 0 aliphatic heterocycles. The molecule has 2 aromatic rings. The lowest BCUT2D eigenvalue weighted by Gasteiger charge is -2.02. The van der Waals surface area contributed by atoms with Gasteiger partial charge in [0.1, 0.15) is 5.75 Å². The van der Waals surface area contributed by atoms with E-state index in [1.807, 2.05) is 0 Å². The van der Waals surface area contributed by atoms with Gasteiger partial charge >= 0.3 is 0 Å². The van der Waals surface area contributed by atoms with Crippen LogP contribution in [-0.4, -0.2) is 5.11 Å². The summed E-state index contributed by atoms with van der Waals surface area (Å²) in [7, 11) is 0. The Labute approximate surface area is 124 Å². The predicted octanol–water partition coefficient (Wildman–Crippen LogP) is 4.87. The summed E-state index contributed by atoms with van der Waals surface area (Å²) in [6.07, 6.45) is 1.76. The van der Waals surface area contributed by atoms with Gasteiger partial charge in [-0.15, -0.1) is 0 Å². The van der Waals surface area contributed by atoms with E-state index in [0.29, 0.717) is 15.1 Å².